The lowest BCUT2D eigenvalue weighted by molar-refractivity contribution is -0.151. The normalized spacial score (nSPS) is 41.2. The van der Waals surface area contributed by atoms with Gasteiger partial charge in [-0.2, -0.15) is 0 Å². The summed E-state index contributed by atoms with van der Waals surface area (Å²) in [5, 5.41) is 20.7. The summed E-state index contributed by atoms with van der Waals surface area (Å²) in [7, 11) is 0. The molecular weight excluding hydrogens is 396 g/mol. The number of fused-ring (bicyclic) bond motifs is 1. The van der Waals surface area contributed by atoms with Gasteiger partial charge in [-0.3, -0.25) is 4.79 Å². The van der Waals surface area contributed by atoms with E-state index in [1.807, 2.05) is 13.0 Å². The van der Waals surface area contributed by atoms with Gasteiger partial charge in [0.25, 0.3) is 0 Å². The van der Waals surface area contributed by atoms with Crippen molar-refractivity contribution in [1.29, 1.82) is 0 Å². The van der Waals surface area contributed by atoms with Gasteiger partial charge >= 0.3 is 11.9 Å². The Morgan fingerprint density at radius 1 is 1.41 bits per heavy atom. The van der Waals surface area contributed by atoms with Gasteiger partial charge in [-0.15, -0.1) is 11.6 Å². The Labute approximate surface area is 176 Å². The zero-order valence-electron chi connectivity index (χ0n) is 17.2. The highest BCUT2D eigenvalue weighted by Crippen LogP contribution is 2.61. The van der Waals surface area contributed by atoms with E-state index < -0.39 is 29.6 Å². The summed E-state index contributed by atoms with van der Waals surface area (Å²) < 4.78 is 10.3. The first-order valence-corrected chi connectivity index (χ1v) is 10.8. The Morgan fingerprint density at radius 3 is 2.79 bits per heavy atom. The molecule has 0 radical (unpaired) electrons. The molecule has 2 N–H and O–H groups in total. The van der Waals surface area contributed by atoms with E-state index in [-0.39, 0.29) is 36.3 Å². The monoisotopic (exact) mass is 426 g/mol. The minimum atomic E-state index is -0.731. The Kier molecular flexibility index (Phi) is 6.47. The number of rotatable bonds is 5. The van der Waals surface area contributed by atoms with Crippen molar-refractivity contribution < 1.29 is 29.3 Å². The van der Waals surface area contributed by atoms with Crippen LogP contribution < -0.4 is 0 Å². The van der Waals surface area contributed by atoms with E-state index >= 15 is 0 Å². The van der Waals surface area contributed by atoms with Crippen molar-refractivity contribution in [2.24, 2.45) is 22.7 Å². The number of cyclic esters (lactones) is 1. The molecule has 0 aromatic carbocycles. The third-order valence-electron chi connectivity index (χ3n) is 7.60. The number of allylic oxidation sites excluding steroid dienone is 2. The van der Waals surface area contributed by atoms with Crippen LogP contribution in [0, 0.1) is 22.7 Å². The SMILES string of the molecule is C=C1CC[C@@H]2[C@](C)(CO)[C@H](O)CC[C@@]2(C)[C@@H]1C/C=C1/C(=O)OC[C@H]1OC(=O)CCl. The molecule has 6 atom stereocenters. The first-order chi connectivity index (χ1) is 13.7. The summed E-state index contributed by atoms with van der Waals surface area (Å²) in [6.07, 6.45) is 4.29. The maximum atomic E-state index is 12.2. The standard InChI is InChI=1S/C22H31ClO6/c1-13-4-7-17-21(2,9-8-18(25)22(17,3)12-24)15(13)6-5-14-16(11-28-20(14)27)29-19(26)10-23/h5,15-18,24-25H,1,4,6-12H2,2-3H3/b14-5+/t15-,16-,17+,18-,21+,22+/m1/s1. The fourth-order valence-electron chi connectivity index (χ4n) is 5.84. The fraction of sp³-hybridized carbons (Fsp3) is 0.727. The number of esters is 2. The lowest BCUT2D eigenvalue weighted by Gasteiger charge is -2.59. The van der Waals surface area contributed by atoms with E-state index in [1.165, 1.54) is 0 Å². The molecule has 1 aliphatic heterocycles. The molecule has 0 aromatic heterocycles. The number of aliphatic hydroxyl groups is 2. The fourth-order valence-corrected chi connectivity index (χ4v) is 5.90. The second-order valence-electron chi connectivity index (χ2n) is 9.13. The summed E-state index contributed by atoms with van der Waals surface area (Å²) >= 11 is 5.51. The molecule has 0 aromatic rings. The Morgan fingerprint density at radius 2 is 2.14 bits per heavy atom. The van der Waals surface area contributed by atoms with Crippen LogP contribution in [0.4, 0.5) is 0 Å². The second kappa shape index (κ2) is 8.40. The van der Waals surface area contributed by atoms with Crippen LogP contribution in [0.2, 0.25) is 0 Å². The van der Waals surface area contributed by atoms with Crippen molar-refractivity contribution in [3.8, 4) is 0 Å². The van der Waals surface area contributed by atoms with Crippen molar-refractivity contribution in [3.63, 3.8) is 0 Å². The molecule has 0 amide bonds. The van der Waals surface area contributed by atoms with E-state index in [2.05, 4.69) is 13.5 Å². The predicted octanol–water partition coefficient (Wildman–Crippen LogP) is 2.75. The third-order valence-corrected chi connectivity index (χ3v) is 7.82. The summed E-state index contributed by atoms with van der Waals surface area (Å²) in [4.78, 5) is 23.7. The smallest absolute Gasteiger partial charge is 0.337 e. The molecule has 3 rings (SSSR count). The average molecular weight is 427 g/mol. The zero-order chi connectivity index (χ0) is 21.4. The molecule has 0 bridgehead atoms. The molecule has 3 aliphatic rings. The third kappa shape index (κ3) is 3.87. The maximum absolute atomic E-state index is 12.2. The van der Waals surface area contributed by atoms with Crippen LogP contribution in [0.15, 0.2) is 23.8 Å². The molecule has 1 heterocycles. The van der Waals surface area contributed by atoms with Gasteiger partial charge in [0.1, 0.15) is 12.5 Å². The van der Waals surface area contributed by atoms with Gasteiger partial charge in [-0.05, 0) is 49.4 Å². The Hall–Kier alpha value is -1.37. The Balaban J connectivity index is 1.85. The Bertz CT molecular complexity index is 718. The van der Waals surface area contributed by atoms with Crippen LogP contribution >= 0.6 is 11.6 Å². The molecule has 2 aliphatic carbocycles. The highest BCUT2D eigenvalue weighted by molar-refractivity contribution is 6.26. The highest BCUT2D eigenvalue weighted by Gasteiger charge is 2.57. The largest absolute Gasteiger partial charge is 0.458 e. The van der Waals surface area contributed by atoms with E-state index in [1.54, 1.807) is 0 Å². The van der Waals surface area contributed by atoms with Crippen molar-refractivity contribution >= 4 is 23.5 Å². The zero-order valence-corrected chi connectivity index (χ0v) is 17.9. The number of alkyl halides is 1. The van der Waals surface area contributed by atoms with Gasteiger partial charge in [0.15, 0.2) is 6.10 Å². The van der Waals surface area contributed by atoms with Gasteiger partial charge < -0.3 is 19.7 Å². The van der Waals surface area contributed by atoms with Crippen LogP contribution in [0.1, 0.15) is 46.0 Å². The molecule has 2 saturated carbocycles. The molecule has 6 nitrogen and oxygen atoms in total. The number of halogens is 1. The highest BCUT2D eigenvalue weighted by atomic mass is 35.5. The van der Waals surface area contributed by atoms with Crippen LogP contribution in [-0.4, -0.2) is 53.5 Å². The van der Waals surface area contributed by atoms with Crippen LogP contribution in [0.5, 0.6) is 0 Å². The minimum Gasteiger partial charge on any atom is -0.458 e. The number of ether oxygens (including phenoxy) is 2. The van der Waals surface area contributed by atoms with Gasteiger partial charge in [0.2, 0.25) is 0 Å². The number of carbonyl (C=O) groups excluding carboxylic acids is 2. The van der Waals surface area contributed by atoms with Gasteiger partial charge in [0, 0.05) is 5.41 Å². The summed E-state index contributed by atoms with van der Waals surface area (Å²) in [5.74, 6) is -1.09. The number of hydrogen-bond donors (Lipinski definition) is 2. The average Bonchev–Trinajstić information content (AvgIpc) is 3.03. The van der Waals surface area contributed by atoms with Crippen LogP contribution in [0.3, 0.4) is 0 Å². The molecule has 162 valence electrons. The maximum Gasteiger partial charge on any atom is 0.337 e. The molecule has 0 spiro atoms. The second-order valence-corrected chi connectivity index (χ2v) is 9.40. The molecule has 1 saturated heterocycles. The number of aliphatic hydroxyl groups excluding tert-OH is 2. The quantitative estimate of drug-likeness (QED) is 0.304. The molecule has 7 heteroatoms. The van der Waals surface area contributed by atoms with E-state index in [0.717, 1.165) is 24.8 Å². The number of hydrogen-bond acceptors (Lipinski definition) is 6. The van der Waals surface area contributed by atoms with Gasteiger partial charge in [0.05, 0.1) is 18.3 Å². The number of carbonyl (C=O) groups is 2. The minimum absolute atomic E-state index is 0.00752. The van der Waals surface area contributed by atoms with Crippen LogP contribution in [-0.2, 0) is 19.1 Å². The van der Waals surface area contributed by atoms with Gasteiger partial charge in [-0.25, -0.2) is 4.79 Å². The molecule has 29 heavy (non-hydrogen) atoms. The van der Waals surface area contributed by atoms with Crippen LogP contribution in [0.25, 0.3) is 0 Å². The van der Waals surface area contributed by atoms with Crippen molar-refractivity contribution in [2.45, 2.75) is 58.2 Å². The van der Waals surface area contributed by atoms with E-state index in [9.17, 15) is 19.8 Å². The first-order valence-electron chi connectivity index (χ1n) is 10.3. The first kappa shape index (κ1) is 22.3. The topological polar surface area (TPSA) is 93.1 Å². The molecule has 0 unspecified atom stereocenters. The summed E-state index contributed by atoms with van der Waals surface area (Å²) in [5.41, 5.74) is 0.776. The van der Waals surface area contributed by atoms with Crippen molar-refractivity contribution in [2.75, 3.05) is 19.1 Å². The van der Waals surface area contributed by atoms with E-state index in [4.69, 9.17) is 21.1 Å². The molecule has 3 fully saturated rings. The lowest BCUT2D eigenvalue weighted by Crippen LogP contribution is -2.57. The predicted molar refractivity (Wildman–Crippen MR) is 108 cm³/mol. The lowest BCUT2D eigenvalue weighted by atomic mass is 9.46. The van der Waals surface area contributed by atoms with Crippen molar-refractivity contribution in [3.05, 3.63) is 23.8 Å². The summed E-state index contributed by atoms with van der Waals surface area (Å²) in [6.45, 7) is 8.43. The van der Waals surface area contributed by atoms with E-state index in [0.29, 0.717) is 18.4 Å². The summed E-state index contributed by atoms with van der Waals surface area (Å²) in [6, 6.07) is 0. The van der Waals surface area contributed by atoms with Crippen molar-refractivity contribution in [1.82, 2.24) is 0 Å². The van der Waals surface area contributed by atoms with Gasteiger partial charge in [-0.1, -0.05) is 32.1 Å². The molecular formula is C22H31ClO6.